The Morgan fingerprint density at radius 1 is 1.25 bits per heavy atom. The zero-order chi connectivity index (χ0) is 14.5. The van der Waals surface area contributed by atoms with Crippen LogP contribution in [0.15, 0.2) is 40.3 Å². The van der Waals surface area contributed by atoms with Crippen LogP contribution in [0.1, 0.15) is 36.6 Å². The Morgan fingerprint density at radius 3 is 2.55 bits per heavy atom. The number of likely N-dealkylation sites (N-methyl/N-ethyl adjacent to an activating group) is 1. The lowest BCUT2D eigenvalue weighted by atomic mass is 10.0. The Kier molecular flexibility index (Phi) is 5.40. The van der Waals surface area contributed by atoms with Crippen molar-refractivity contribution in [3.63, 3.8) is 0 Å². The molecule has 0 saturated carbocycles. The number of nitrogens with zero attached hydrogens (tertiary/aromatic N) is 1. The zero-order valence-corrected chi connectivity index (χ0v) is 13.5. The molecule has 110 valence electrons. The third-order valence-corrected chi connectivity index (χ3v) is 4.50. The van der Waals surface area contributed by atoms with E-state index in [-0.39, 0.29) is 6.04 Å². The molecule has 0 aliphatic rings. The van der Waals surface area contributed by atoms with Gasteiger partial charge in [0.2, 0.25) is 0 Å². The normalized spacial score (nSPS) is 14.9. The van der Waals surface area contributed by atoms with Crippen LogP contribution in [0.5, 0.6) is 0 Å². The largest absolute Gasteiger partial charge is 0.468 e. The molecule has 2 atom stereocenters. The molecule has 2 aromatic heterocycles. The van der Waals surface area contributed by atoms with E-state index in [4.69, 9.17) is 4.42 Å². The van der Waals surface area contributed by atoms with Gasteiger partial charge in [-0.1, -0.05) is 19.9 Å². The van der Waals surface area contributed by atoms with Crippen molar-refractivity contribution in [1.29, 1.82) is 0 Å². The molecule has 0 radical (unpaired) electrons. The van der Waals surface area contributed by atoms with Gasteiger partial charge >= 0.3 is 0 Å². The van der Waals surface area contributed by atoms with Crippen molar-refractivity contribution in [2.45, 2.75) is 25.9 Å². The fraction of sp³-hybridized carbons (Fsp3) is 0.500. The molecule has 2 unspecified atom stereocenters. The summed E-state index contributed by atoms with van der Waals surface area (Å²) in [7, 11) is 4.18. The highest BCUT2D eigenvalue weighted by Gasteiger charge is 2.21. The fourth-order valence-corrected chi connectivity index (χ4v) is 3.36. The highest BCUT2D eigenvalue weighted by Crippen LogP contribution is 2.27. The second-order valence-electron chi connectivity index (χ2n) is 5.64. The zero-order valence-electron chi connectivity index (χ0n) is 12.7. The first-order valence-corrected chi connectivity index (χ1v) is 7.94. The highest BCUT2D eigenvalue weighted by molar-refractivity contribution is 7.10. The van der Waals surface area contributed by atoms with Crippen molar-refractivity contribution in [2.24, 2.45) is 5.92 Å². The first-order valence-electron chi connectivity index (χ1n) is 7.06. The van der Waals surface area contributed by atoms with Gasteiger partial charge in [0.15, 0.2) is 0 Å². The Bertz CT molecular complexity index is 430. The molecule has 2 rings (SSSR count). The van der Waals surface area contributed by atoms with E-state index in [0.29, 0.717) is 12.0 Å². The minimum Gasteiger partial charge on any atom is -0.468 e. The molecule has 0 aliphatic heterocycles. The van der Waals surface area contributed by atoms with E-state index >= 15 is 0 Å². The van der Waals surface area contributed by atoms with Gasteiger partial charge in [-0.15, -0.1) is 11.3 Å². The molecule has 0 aliphatic carbocycles. The monoisotopic (exact) mass is 292 g/mol. The maximum Gasteiger partial charge on any atom is 0.122 e. The van der Waals surface area contributed by atoms with Gasteiger partial charge in [0.05, 0.1) is 12.3 Å². The second-order valence-corrected chi connectivity index (χ2v) is 6.62. The third kappa shape index (κ3) is 3.72. The van der Waals surface area contributed by atoms with Gasteiger partial charge in [-0.3, -0.25) is 4.90 Å². The van der Waals surface area contributed by atoms with Gasteiger partial charge in [0.1, 0.15) is 5.76 Å². The molecule has 0 spiro atoms. The summed E-state index contributed by atoms with van der Waals surface area (Å²) in [5, 5.41) is 5.84. The predicted octanol–water partition coefficient (Wildman–Crippen LogP) is 3.93. The maximum absolute atomic E-state index is 5.56. The van der Waals surface area contributed by atoms with Crippen molar-refractivity contribution < 1.29 is 4.42 Å². The quantitative estimate of drug-likeness (QED) is 0.838. The Hall–Kier alpha value is -1.10. The summed E-state index contributed by atoms with van der Waals surface area (Å²) in [5.74, 6) is 1.57. The molecule has 20 heavy (non-hydrogen) atoms. The summed E-state index contributed by atoms with van der Waals surface area (Å²) in [6, 6.07) is 8.97. The number of nitrogens with one attached hydrogen (secondary N) is 1. The van der Waals surface area contributed by atoms with Crippen molar-refractivity contribution in [1.82, 2.24) is 10.2 Å². The summed E-state index contributed by atoms with van der Waals surface area (Å²) >= 11 is 1.82. The van der Waals surface area contributed by atoms with E-state index in [9.17, 15) is 0 Å². The average molecular weight is 292 g/mol. The topological polar surface area (TPSA) is 28.4 Å². The Balaban J connectivity index is 2.04. The van der Waals surface area contributed by atoms with Gasteiger partial charge < -0.3 is 9.73 Å². The lowest BCUT2D eigenvalue weighted by Gasteiger charge is -2.27. The molecule has 0 bridgehead atoms. The lowest BCUT2D eigenvalue weighted by molar-refractivity contribution is 0.237. The number of hydrogen-bond acceptors (Lipinski definition) is 4. The van der Waals surface area contributed by atoms with Crippen molar-refractivity contribution >= 4 is 11.3 Å². The van der Waals surface area contributed by atoms with Crippen molar-refractivity contribution in [3.8, 4) is 0 Å². The second kappa shape index (κ2) is 7.07. The number of rotatable bonds is 7. The standard InChI is InChI=1S/C16H24N2OS/c1-12(2)16(15-8-6-10-20-15)17-11-13(18(3)4)14-7-5-9-19-14/h5-10,12-13,16-17H,11H2,1-4H3. The minimum atomic E-state index is 0.256. The predicted molar refractivity (Wildman–Crippen MR) is 85.0 cm³/mol. The van der Waals surface area contributed by atoms with Crippen LogP contribution in [0.3, 0.4) is 0 Å². The summed E-state index contributed by atoms with van der Waals surface area (Å²) in [6.07, 6.45) is 1.74. The molecule has 3 nitrogen and oxygen atoms in total. The van der Waals surface area contributed by atoms with E-state index in [1.807, 2.05) is 23.5 Å². The minimum absolute atomic E-state index is 0.256. The van der Waals surface area contributed by atoms with E-state index in [1.54, 1.807) is 6.26 Å². The number of furan rings is 1. The molecule has 1 N–H and O–H groups in total. The van der Waals surface area contributed by atoms with Gasteiger partial charge in [-0.25, -0.2) is 0 Å². The first kappa shape index (κ1) is 15.3. The Morgan fingerprint density at radius 2 is 2.05 bits per heavy atom. The molecule has 2 heterocycles. The van der Waals surface area contributed by atoms with Gasteiger partial charge in [0, 0.05) is 17.5 Å². The molecule has 4 heteroatoms. The van der Waals surface area contributed by atoms with Crippen LogP contribution in [0.2, 0.25) is 0 Å². The highest BCUT2D eigenvalue weighted by atomic mass is 32.1. The average Bonchev–Trinajstić information content (AvgIpc) is 3.06. The molecule has 0 saturated heterocycles. The van der Waals surface area contributed by atoms with E-state index in [1.165, 1.54) is 4.88 Å². The first-order chi connectivity index (χ1) is 9.59. The molecule has 0 aromatic carbocycles. The van der Waals surface area contributed by atoms with Crippen LogP contribution >= 0.6 is 11.3 Å². The SMILES string of the molecule is CC(C)C(NCC(c1ccco1)N(C)C)c1cccs1. The summed E-state index contributed by atoms with van der Waals surface area (Å²) in [5.41, 5.74) is 0. The Labute approximate surface area is 125 Å². The summed E-state index contributed by atoms with van der Waals surface area (Å²) in [6.45, 7) is 5.39. The molecular formula is C16H24N2OS. The molecule has 0 amide bonds. The van der Waals surface area contributed by atoms with E-state index in [2.05, 4.69) is 55.7 Å². The number of thiophene rings is 1. The number of hydrogen-bond donors (Lipinski definition) is 1. The van der Waals surface area contributed by atoms with E-state index < -0.39 is 0 Å². The lowest BCUT2D eigenvalue weighted by Crippen LogP contribution is -2.34. The van der Waals surface area contributed by atoms with E-state index in [0.717, 1.165) is 12.3 Å². The van der Waals surface area contributed by atoms with Gasteiger partial charge in [-0.2, -0.15) is 0 Å². The van der Waals surface area contributed by atoms with Crippen LogP contribution in [0, 0.1) is 5.92 Å². The van der Waals surface area contributed by atoms with Crippen LogP contribution in [-0.4, -0.2) is 25.5 Å². The maximum atomic E-state index is 5.56. The van der Waals surface area contributed by atoms with Crippen molar-refractivity contribution in [2.75, 3.05) is 20.6 Å². The molecular weight excluding hydrogens is 268 g/mol. The third-order valence-electron chi connectivity index (χ3n) is 3.54. The fourth-order valence-electron chi connectivity index (χ4n) is 2.39. The molecule has 2 aromatic rings. The van der Waals surface area contributed by atoms with Crippen molar-refractivity contribution in [3.05, 3.63) is 46.5 Å². The van der Waals surface area contributed by atoms with Crippen LogP contribution in [0.25, 0.3) is 0 Å². The van der Waals surface area contributed by atoms with Crippen LogP contribution in [0.4, 0.5) is 0 Å². The van der Waals surface area contributed by atoms with Crippen LogP contribution in [-0.2, 0) is 0 Å². The van der Waals surface area contributed by atoms with Gasteiger partial charge in [0.25, 0.3) is 0 Å². The smallest absolute Gasteiger partial charge is 0.122 e. The summed E-state index contributed by atoms with van der Waals surface area (Å²) < 4.78 is 5.56. The van der Waals surface area contributed by atoms with Crippen LogP contribution < -0.4 is 5.32 Å². The summed E-state index contributed by atoms with van der Waals surface area (Å²) in [4.78, 5) is 3.59. The van der Waals surface area contributed by atoms with Gasteiger partial charge in [-0.05, 0) is 43.6 Å². The molecule has 0 fully saturated rings.